The molecule has 0 bridgehead atoms. The Bertz CT molecular complexity index is 514. The van der Waals surface area contributed by atoms with Crippen LogP contribution in [0.25, 0.3) is 0 Å². The molecule has 2 aromatic rings. The first-order chi connectivity index (χ1) is 8.56. The molecule has 0 aliphatic heterocycles. The van der Waals surface area contributed by atoms with Gasteiger partial charge in [-0.25, -0.2) is 14.1 Å². The minimum Gasteiger partial charge on any atom is -0.483 e. The highest BCUT2D eigenvalue weighted by Gasteiger charge is 2.03. The SMILES string of the molecule is Cc1nc(Br)nn1Cc1ccc(F)cc1.O=CO. The van der Waals surface area contributed by atoms with Gasteiger partial charge < -0.3 is 5.11 Å². The van der Waals surface area contributed by atoms with E-state index in [1.54, 1.807) is 16.8 Å². The van der Waals surface area contributed by atoms with Gasteiger partial charge in [0.15, 0.2) is 0 Å². The Morgan fingerprint density at radius 1 is 1.44 bits per heavy atom. The summed E-state index contributed by atoms with van der Waals surface area (Å²) in [6.07, 6.45) is 0. The summed E-state index contributed by atoms with van der Waals surface area (Å²) in [6.45, 7) is 2.23. The number of hydrogen-bond donors (Lipinski definition) is 1. The number of nitrogens with zero attached hydrogens (tertiary/aromatic N) is 3. The molecule has 0 unspecified atom stereocenters. The number of halogens is 2. The predicted octanol–water partition coefficient (Wildman–Crippen LogP) is 2.24. The third-order valence-electron chi connectivity index (χ3n) is 2.08. The van der Waals surface area contributed by atoms with E-state index in [4.69, 9.17) is 9.90 Å². The molecule has 2 rings (SSSR count). The molecule has 0 amide bonds. The van der Waals surface area contributed by atoms with E-state index in [2.05, 4.69) is 26.0 Å². The van der Waals surface area contributed by atoms with Crippen LogP contribution >= 0.6 is 15.9 Å². The Labute approximate surface area is 111 Å². The van der Waals surface area contributed by atoms with Gasteiger partial charge in [0, 0.05) is 0 Å². The monoisotopic (exact) mass is 315 g/mol. The van der Waals surface area contributed by atoms with Gasteiger partial charge in [-0.3, -0.25) is 4.79 Å². The van der Waals surface area contributed by atoms with Gasteiger partial charge in [0.1, 0.15) is 11.6 Å². The van der Waals surface area contributed by atoms with Crippen LogP contribution in [0, 0.1) is 12.7 Å². The lowest BCUT2D eigenvalue weighted by molar-refractivity contribution is -0.122. The molecule has 0 aliphatic carbocycles. The quantitative estimate of drug-likeness (QED) is 0.863. The van der Waals surface area contributed by atoms with Crippen molar-refractivity contribution >= 4 is 22.4 Å². The second-order valence-electron chi connectivity index (χ2n) is 3.32. The van der Waals surface area contributed by atoms with E-state index in [1.165, 1.54) is 12.1 Å². The fourth-order valence-electron chi connectivity index (χ4n) is 1.30. The molecule has 1 N–H and O–H groups in total. The Hall–Kier alpha value is -1.76. The second-order valence-corrected chi connectivity index (χ2v) is 4.03. The summed E-state index contributed by atoms with van der Waals surface area (Å²) in [5, 5.41) is 11.0. The van der Waals surface area contributed by atoms with E-state index in [1.807, 2.05) is 6.92 Å². The Morgan fingerprint density at radius 3 is 2.44 bits per heavy atom. The van der Waals surface area contributed by atoms with E-state index in [0.29, 0.717) is 11.3 Å². The molecule has 96 valence electrons. The van der Waals surface area contributed by atoms with Crippen molar-refractivity contribution in [2.75, 3.05) is 0 Å². The van der Waals surface area contributed by atoms with Gasteiger partial charge >= 0.3 is 0 Å². The predicted molar refractivity (Wildman–Crippen MR) is 66.7 cm³/mol. The number of rotatable bonds is 2. The lowest BCUT2D eigenvalue weighted by Crippen LogP contribution is -2.03. The molecule has 0 radical (unpaired) electrons. The molecule has 1 aromatic carbocycles. The number of hydrogen-bond acceptors (Lipinski definition) is 3. The molecule has 0 saturated carbocycles. The first-order valence-electron chi connectivity index (χ1n) is 4.96. The smallest absolute Gasteiger partial charge is 0.290 e. The van der Waals surface area contributed by atoms with Crippen molar-refractivity contribution in [3.05, 3.63) is 46.2 Å². The van der Waals surface area contributed by atoms with E-state index in [0.717, 1.165) is 11.4 Å². The molecule has 0 atom stereocenters. The van der Waals surface area contributed by atoms with Crippen molar-refractivity contribution in [3.8, 4) is 0 Å². The van der Waals surface area contributed by atoms with Crippen LogP contribution in [0.15, 0.2) is 29.0 Å². The van der Waals surface area contributed by atoms with Crippen molar-refractivity contribution in [1.29, 1.82) is 0 Å². The number of aromatic nitrogens is 3. The molecule has 0 fully saturated rings. The second kappa shape index (κ2) is 6.85. The van der Waals surface area contributed by atoms with E-state index >= 15 is 0 Å². The molecule has 0 saturated heterocycles. The minimum absolute atomic E-state index is 0.227. The zero-order chi connectivity index (χ0) is 13.5. The Kier molecular flexibility index (Phi) is 5.44. The van der Waals surface area contributed by atoms with Crippen molar-refractivity contribution in [2.24, 2.45) is 0 Å². The van der Waals surface area contributed by atoms with Crippen LogP contribution in [0.2, 0.25) is 0 Å². The van der Waals surface area contributed by atoms with Gasteiger partial charge in [-0.15, -0.1) is 5.10 Å². The highest BCUT2D eigenvalue weighted by molar-refractivity contribution is 9.10. The maximum Gasteiger partial charge on any atom is 0.290 e. The maximum atomic E-state index is 12.7. The number of aryl methyl sites for hydroxylation is 1. The zero-order valence-corrected chi connectivity index (χ0v) is 11.1. The average Bonchev–Trinajstić information content (AvgIpc) is 2.62. The summed E-state index contributed by atoms with van der Waals surface area (Å²) >= 11 is 3.20. The number of carboxylic acid groups (broad SMARTS) is 1. The summed E-state index contributed by atoms with van der Waals surface area (Å²) < 4.78 is 15.0. The summed E-state index contributed by atoms with van der Waals surface area (Å²) in [5.41, 5.74) is 0.997. The lowest BCUT2D eigenvalue weighted by atomic mass is 10.2. The van der Waals surface area contributed by atoms with Gasteiger partial charge in [0.25, 0.3) is 6.47 Å². The first kappa shape index (κ1) is 14.3. The van der Waals surface area contributed by atoms with Crippen LogP contribution in [0.1, 0.15) is 11.4 Å². The molecule has 1 aromatic heterocycles. The fourth-order valence-corrected chi connectivity index (χ4v) is 1.75. The maximum absolute atomic E-state index is 12.7. The van der Waals surface area contributed by atoms with E-state index < -0.39 is 0 Å². The Morgan fingerprint density at radius 2 is 2.00 bits per heavy atom. The highest BCUT2D eigenvalue weighted by Crippen LogP contribution is 2.08. The highest BCUT2D eigenvalue weighted by atomic mass is 79.9. The Balaban J connectivity index is 0.000000492. The van der Waals surface area contributed by atoms with Crippen molar-refractivity contribution in [2.45, 2.75) is 13.5 Å². The van der Waals surface area contributed by atoms with Gasteiger partial charge in [0.05, 0.1) is 6.54 Å². The lowest BCUT2D eigenvalue weighted by Gasteiger charge is -2.02. The number of benzene rings is 1. The fraction of sp³-hybridized carbons (Fsp3) is 0.182. The van der Waals surface area contributed by atoms with E-state index in [-0.39, 0.29) is 12.3 Å². The minimum atomic E-state index is -0.250. The molecule has 7 heteroatoms. The molecule has 5 nitrogen and oxygen atoms in total. The normalized spacial score (nSPS) is 9.50. The van der Waals surface area contributed by atoms with Gasteiger partial charge in [-0.05, 0) is 40.5 Å². The molecule has 0 aliphatic rings. The van der Waals surface area contributed by atoms with E-state index in [9.17, 15) is 4.39 Å². The van der Waals surface area contributed by atoms with Gasteiger partial charge in [-0.1, -0.05) is 12.1 Å². The van der Waals surface area contributed by atoms with Crippen molar-refractivity contribution in [3.63, 3.8) is 0 Å². The van der Waals surface area contributed by atoms with Crippen LogP contribution in [0.4, 0.5) is 4.39 Å². The summed E-state index contributed by atoms with van der Waals surface area (Å²) in [6, 6.07) is 6.36. The third kappa shape index (κ3) is 4.25. The zero-order valence-electron chi connectivity index (χ0n) is 9.55. The van der Waals surface area contributed by atoms with Crippen LogP contribution < -0.4 is 0 Å². The van der Waals surface area contributed by atoms with Gasteiger partial charge in [0.2, 0.25) is 4.73 Å². The van der Waals surface area contributed by atoms with Crippen molar-refractivity contribution in [1.82, 2.24) is 14.8 Å². The summed E-state index contributed by atoms with van der Waals surface area (Å²) in [4.78, 5) is 12.5. The van der Waals surface area contributed by atoms with Crippen molar-refractivity contribution < 1.29 is 14.3 Å². The molecular formula is C11H11BrFN3O2. The number of carbonyl (C=O) groups is 1. The van der Waals surface area contributed by atoms with Crippen LogP contribution in [-0.2, 0) is 11.3 Å². The standard InChI is InChI=1S/C10H9BrFN3.CH2O2/c1-7-13-10(11)14-15(7)6-8-2-4-9(12)5-3-8;2-1-3/h2-5H,6H2,1H3;1H,(H,2,3). The van der Waals surface area contributed by atoms with Gasteiger partial charge in [-0.2, -0.15) is 0 Å². The largest absolute Gasteiger partial charge is 0.483 e. The average molecular weight is 316 g/mol. The third-order valence-corrected chi connectivity index (χ3v) is 2.41. The molecule has 18 heavy (non-hydrogen) atoms. The van der Waals surface area contributed by atoms with Crippen LogP contribution in [0.5, 0.6) is 0 Å². The molecule has 0 spiro atoms. The van der Waals surface area contributed by atoms with Crippen LogP contribution in [-0.4, -0.2) is 26.3 Å². The van der Waals surface area contributed by atoms with Crippen LogP contribution in [0.3, 0.4) is 0 Å². The summed E-state index contributed by atoms with van der Waals surface area (Å²) in [7, 11) is 0. The first-order valence-corrected chi connectivity index (χ1v) is 5.75. The topological polar surface area (TPSA) is 68.0 Å². The molecule has 1 heterocycles. The summed E-state index contributed by atoms with van der Waals surface area (Å²) in [5.74, 6) is 0.599. The molecular weight excluding hydrogens is 305 g/mol.